The minimum Gasteiger partial charge on any atom is -0.352 e. The van der Waals surface area contributed by atoms with Crippen molar-refractivity contribution >= 4 is 5.91 Å². The zero-order valence-electron chi connectivity index (χ0n) is 11.3. The highest BCUT2D eigenvalue weighted by atomic mass is 16.2. The number of aryl methyl sites for hydroxylation is 1. The molecule has 1 saturated heterocycles. The van der Waals surface area contributed by atoms with E-state index in [0.29, 0.717) is 12.6 Å². The zero-order chi connectivity index (χ0) is 13.2. The summed E-state index contributed by atoms with van der Waals surface area (Å²) < 4.78 is 2.03. The lowest BCUT2D eigenvalue weighted by molar-refractivity contribution is -0.123. The average Bonchev–Trinajstić information content (AvgIpc) is 3.10. The van der Waals surface area contributed by atoms with E-state index in [0.717, 1.165) is 38.3 Å². The van der Waals surface area contributed by atoms with Gasteiger partial charge in [0.1, 0.15) is 5.82 Å². The highest BCUT2D eigenvalue weighted by Crippen LogP contribution is 2.21. The van der Waals surface area contributed by atoms with Gasteiger partial charge in [0.15, 0.2) is 0 Å². The second kappa shape index (κ2) is 5.30. The van der Waals surface area contributed by atoms with Crippen LogP contribution in [0.5, 0.6) is 0 Å². The van der Waals surface area contributed by atoms with E-state index in [-0.39, 0.29) is 11.9 Å². The summed E-state index contributed by atoms with van der Waals surface area (Å²) >= 11 is 0. The molecule has 0 spiro atoms. The molecule has 1 atom stereocenters. The Morgan fingerprint density at radius 2 is 2.42 bits per heavy atom. The van der Waals surface area contributed by atoms with E-state index >= 15 is 0 Å². The van der Waals surface area contributed by atoms with Crippen molar-refractivity contribution in [2.45, 2.75) is 24.9 Å². The van der Waals surface area contributed by atoms with E-state index in [1.165, 1.54) is 0 Å². The average molecular weight is 263 g/mol. The number of carbonyl (C=O) groups is 1. The molecule has 1 amide bonds. The number of hydrogen-bond donors (Lipinski definition) is 2. The van der Waals surface area contributed by atoms with E-state index in [1.54, 1.807) is 0 Å². The van der Waals surface area contributed by atoms with Crippen molar-refractivity contribution in [1.82, 2.24) is 25.1 Å². The standard InChI is InChI=1S/C13H21N5O/c1-17-6-5-15-13(17)11-8-14-4-7-18(11)9-12(19)16-10-2-3-10/h5-6,10-11,14H,2-4,7-9H2,1H3,(H,16,19). The van der Waals surface area contributed by atoms with Gasteiger partial charge in [-0.3, -0.25) is 9.69 Å². The fourth-order valence-corrected chi connectivity index (χ4v) is 2.57. The maximum absolute atomic E-state index is 12.0. The Balaban J connectivity index is 1.66. The van der Waals surface area contributed by atoms with Gasteiger partial charge in [-0.25, -0.2) is 4.98 Å². The first kappa shape index (κ1) is 12.6. The Morgan fingerprint density at radius 3 is 3.11 bits per heavy atom. The third-order valence-electron chi connectivity index (χ3n) is 3.80. The molecule has 2 fully saturated rings. The predicted molar refractivity (Wildman–Crippen MR) is 71.6 cm³/mol. The van der Waals surface area contributed by atoms with Crippen molar-refractivity contribution in [3.63, 3.8) is 0 Å². The highest BCUT2D eigenvalue weighted by Gasteiger charge is 2.30. The SMILES string of the molecule is Cn1ccnc1C1CNCCN1CC(=O)NC1CC1. The van der Waals surface area contributed by atoms with Crippen LogP contribution in [-0.2, 0) is 11.8 Å². The number of rotatable bonds is 4. The molecule has 1 aliphatic heterocycles. The van der Waals surface area contributed by atoms with Crippen LogP contribution in [-0.4, -0.2) is 52.6 Å². The maximum atomic E-state index is 12.0. The van der Waals surface area contributed by atoms with Crippen LogP contribution in [0.15, 0.2) is 12.4 Å². The molecule has 0 radical (unpaired) electrons. The molecule has 2 heterocycles. The lowest BCUT2D eigenvalue weighted by Gasteiger charge is -2.35. The largest absolute Gasteiger partial charge is 0.352 e. The van der Waals surface area contributed by atoms with E-state index in [2.05, 4.69) is 20.5 Å². The normalized spacial score (nSPS) is 24.4. The minimum absolute atomic E-state index is 0.142. The molecule has 19 heavy (non-hydrogen) atoms. The lowest BCUT2D eigenvalue weighted by atomic mass is 10.1. The zero-order valence-corrected chi connectivity index (χ0v) is 11.3. The van der Waals surface area contributed by atoms with Crippen LogP contribution >= 0.6 is 0 Å². The molecule has 1 aromatic heterocycles. The lowest BCUT2D eigenvalue weighted by Crippen LogP contribution is -2.50. The Labute approximate surface area is 113 Å². The van der Waals surface area contributed by atoms with E-state index in [1.807, 2.05) is 24.0 Å². The first-order valence-electron chi connectivity index (χ1n) is 6.95. The summed E-state index contributed by atoms with van der Waals surface area (Å²) in [6, 6.07) is 0.612. The summed E-state index contributed by atoms with van der Waals surface area (Å²) in [5.41, 5.74) is 0. The first-order chi connectivity index (χ1) is 9.24. The van der Waals surface area contributed by atoms with E-state index in [9.17, 15) is 4.79 Å². The van der Waals surface area contributed by atoms with Gasteiger partial charge in [0, 0.05) is 45.1 Å². The van der Waals surface area contributed by atoms with Gasteiger partial charge in [-0.15, -0.1) is 0 Å². The Bertz CT molecular complexity index is 454. The Hall–Kier alpha value is -1.40. The molecule has 0 bridgehead atoms. The smallest absolute Gasteiger partial charge is 0.234 e. The van der Waals surface area contributed by atoms with Crippen LogP contribution in [0.2, 0.25) is 0 Å². The van der Waals surface area contributed by atoms with Gasteiger partial charge >= 0.3 is 0 Å². The number of aromatic nitrogens is 2. The third-order valence-corrected chi connectivity index (χ3v) is 3.80. The molecule has 6 heteroatoms. The molecule has 1 unspecified atom stereocenters. The summed E-state index contributed by atoms with van der Waals surface area (Å²) in [6.45, 7) is 3.13. The molecule has 2 aliphatic rings. The van der Waals surface area contributed by atoms with Crippen molar-refractivity contribution in [2.24, 2.45) is 7.05 Å². The number of nitrogens with zero attached hydrogens (tertiary/aromatic N) is 3. The monoisotopic (exact) mass is 263 g/mol. The van der Waals surface area contributed by atoms with Crippen LogP contribution in [0.4, 0.5) is 0 Å². The number of piperazine rings is 1. The molecule has 0 aromatic carbocycles. The fourth-order valence-electron chi connectivity index (χ4n) is 2.57. The van der Waals surface area contributed by atoms with Gasteiger partial charge in [0.25, 0.3) is 0 Å². The predicted octanol–water partition coefficient (Wildman–Crippen LogP) is -0.355. The van der Waals surface area contributed by atoms with Gasteiger partial charge in [-0.2, -0.15) is 0 Å². The van der Waals surface area contributed by atoms with E-state index < -0.39 is 0 Å². The summed E-state index contributed by atoms with van der Waals surface area (Å²) in [5, 5.41) is 6.43. The van der Waals surface area contributed by atoms with Crippen LogP contribution in [0.3, 0.4) is 0 Å². The molecule has 6 nitrogen and oxygen atoms in total. The van der Waals surface area contributed by atoms with Crippen LogP contribution in [0, 0.1) is 0 Å². The first-order valence-corrected chi connectivity index (χ1v) is 6.95. The number of nitrogens with one attached hydrogen (secondary N) is 2. The fraction of sp³-hybridized carbons (Fsp3) is 0.692. The van der Waals surface area contributed by atoms with Crippen LogP contribution in [0.1, 0.15) is 24.7 Å². The number of imidazole rings is 1. The van der Waals surface area contributed by atoms with Crippen LogP contribution in [0.25, 0.3) is 0 Å². The Morgan fingerprint density at radius 1 is 1.58 bits per heavy atom. The molecule has 1 aromatic rings. The van der Waals surface area contributed by atoms with Crippen molar-refractivity contribution in [3.05, 3.63) is 18.2 Å². The molecule has 1 saturated carbocycles. The number of amides is 1. The highest BCUT2D eigenvalue weighted by molar-refractivity contribution is 5.78. The summed E-state index contributed by atoms with van der Waals surface area (Å²) in [6.07, 6.45) is 6.03. The van der Waals surface area contributed by atoms with Gasteiger partial charge < -0.3 is 15.2 Å². The van der Waals surface area contributed by atoms with Gasteiger partial charge in [-0.1, -0.05) is 0 Å². The molecule has 1 aliphatic carbocycles. The third kappa shape index (κ3) is 2.96. The van der Waals surface area contributed by atoms with Gasteiger partial charge in [-0.05, 0) is 12.8 Å². The molecule has 2 N–H and O–H groups in total. The quantitative estimate of drug-likeness (QED) is 0.779. The molecule has 3 rings (SSSR count). The van der Waals surface area contributed by atoms with Crippen molar-refractivity contribution in [1.29, 1.82) is 0 Å². The minimum atomic E-state index is 0.142. The van der Waals surface area contributed by atoms with Crippen molar-refractivity contribution in [3.8, 4) is 0 Å². The summed E-state index contributed by atoms with van der Waals surface area (Å²) in [4.78, 5) is 18.6. The second-order valence-corrected chi connectivity index (χ2v) is 5.43. The maximum Gasteiger partial charge on any atom is 0.234 e. The molecular formula is C13H21N5O. The molecular weight excluding hydrogens is 242 g/mol. The van der Waals surface area contributed by atoms with Gasteiger partial charge in [0.2, 0.25) is 5.91 Å². The van der Waals surface area contributed by atoms with Crippen molar-refractivity contribution in [2.75, 3.05) is 26.2 Å². The Kier molecular flexibility index (Phi) is 3.52. The second-order valence-electron chi connectivity index (χ2n) is 5.43. The van der Waals surface area contributed by atoms with Crippen molar-refractivity contribution < 1.29 is 4.79 Å². The topological polar surface area (TPSA) is 62.2 Å². The van der Waals surface area contributed by atoms with Gasteiger partial charge in [0.05, 0.1) is 12.6 Å². The summed E-state index contributed by atoms with van der Waals surface area (Å²) in [5.74, 6) is 1.16. The van der Waals surface area contributed by atoms with E-state index in [4.69, 9.17) is 0 Å². The summed E-state index contributed by atoms with van der Waals surface area (Å²) in [7, 11) is 2.00. The van der Waals surface area contributed by atoms with Crippen LogP contribution < -0.4 is 10.6 Å². The molecule has 104 valence electrons. The number of carbonyl (C=O) groups excluding carboxylic acids is 1. The number of hydrogen-bond acceptors (Lipinski definition) is 4.